The van der Waals surface area contributed by atoms with E-state index in [2.05, 4.69) is 46.6 Å². The summed E-state index contributed by atoms with van der Waals surface area (Å²) in [6.07, 6.45) is 0. The number of hydrogen-bond donors (Lipinski definition) is 1. The number of aromatic nitrogens is 3. The van der Waals surface area contributed by atoms with E-state index in [4.69, 9.17) is 12.2 Å². The second kappa shape index (κ2) is 5.16. The molecule has 3 nitrogen and oxygen atoms in total. The first-order chi connectivity index (χ1) is 10.3. The highest BCUT2D eigenvalue weighted by Gasteiger charge is 2.28. The van der Waals surface area contributed by atoms with Crippen LogP contribution in [-0.4, -0.2) is 20.5 Å². The van der Waals surface area contributed by atoms with Gasteiger partial charge in [-0.15, -0.1) is 11.8 Å². The third-order valence-electron chi connectivity index (χ3n) is 3.72. The topological polar surface area (TPSA) is 33.6 Å². The maximum Gasteiger partial charge on any atom is 0.199 e. The lowest BCUT2D eigenvalue weighted by molar-refractivity contribution is 0.790. The molecule has 0 bridgehead atoms. The molecule has 1 unspecified atom stereocenters. The van der Waals surface area contributed by atoms with Crippen LogP contribution >= 0.6 is 24.0 Å². The van der Waals surface area contributed by atoms with Crippen molar-refractivity contribution in [3.63, 3.8) is 0 Å². The molecule has 5 heteroatoms. The summed E-state index contributed by atoms with van der Waals surface area (Å²) in [6.45, 7) is 0. The van der Waals surface area contributed by atoms with E-state index in [-0.39, 0.29) is 5.92 Å². The van der Waals surface area contributed by atoms with Crippen molar-refractivity contribution in [2.75, 3.05) is 5.75 Å². The highest BCUT2D eigenvalue weighted by molar-refractivity contribution is 7.99. The van der Waals surface area contributed by atoms with Gasteiger partial charge in [0.15, 0.2) is 4.77 Å². The molecule has 0 radical (unpaired) electrons. The van der Waals surface area contributed by atoms with Crippen molar-refractivity contribution in [2.24, 2.45) is 0 Å². The van der Waals surface area contributed by atoms with Gasteiger partial charge in [0, 0.05) is 16.3 Å². The maximum atomic E-state index is 5.43. The number of benzene rings is 2. The summed E-state index contributed by atoms with van der Waals surface area (Å²) < 4.78 is 2.69. The fraction of sp³-hybridized carbons (Fsp3) is 0.125. The van der Waals surface area contributed by atoms with Gasteiger partial charge >= 0.3 is 0 Å². The quantitative estimate of drug-likeness (QED) is 0.721. The molecule has 104 valence electrons. The van der Waals surface area contributed by atoms with Crippen LogP contribution in [0.25, 0.3) is 5.69 Å². The molecule has 4 rings (SSSR count). The summed E-state index contributed by atoms with van der Waals surface area (Å²) >= 11 is 7.31. The smallest absolute Gasteiger partial charge is 0.199 e. The number of thioether (sulfide) groups is 1. The van der Waals surface area contributed by atoms with E-state index in [1.807, 2.05) is 34.5 Å². The van der Waals surface area contributed by atoms with Crippen LogP contribution in [-0.2, 0) is 0 Å². The molecule has 3 aromatic rings. The van der Waals surface area contributed by atoms with Gasteiger partial charge in [-0.05, 0) is 36.0 Å². The molecule has 2 aromatic carbocycles. The Morgan fingerprint density at radius 2 is 1.86 bits per heavy atom. The number of hydrogen-bond acceptors (Lipinski definition) is 3. The normalized spacial score (nSPS) is 16.9. The van der Waals surface area contributed by atoms with Crippen molar-refractivity contribution in [1.82, 2.24) is 14.8 Å². The Bertz CT molecular complexity index is 836. The molecule has 0 fully saturated rings. The fourth-order valence-corrected chi connectivity index (χ4v) is 4.22. The van der Waals surface area contributed by atoms with Crippen LogP contribution in [0.15, 0.2) is 59.5 Å². The Morgan fingerprint density at radius 3 is 2.71 bits per heavy atom. The molecule has 1 aromatic heterocycles. The number of aromatic amines is 1. The Hall–Kier alpha value is -1.85. The number of fused-ring (bicyclic) bond motifs is 1. The van der Waals surface area contributed by atoms with Crippen LogP contribution in [0.2, 0.25) is 0 Å². The van der Waals surface area contributed by atoms with E-state index in [1.165, 1.54) is 10.5 Å². The number of para-hydroxylation sites is 1. The largest absolute Gasteiger partial charge is 0.272 e. The van der Waals surface area contributed by atoms with Crippen molar-refractivity contribution in [3.8, 4) is 5.69 Å². The van der Waals surface area contributed by atoms with Gasteiger partial charge < -0.3 is 0 Å². The predicted octanol–water partition coefficient (Wildman–Crippen LogP) is 4.17. The van der Waals surface area contributed by atoms with Crippen LogP contribution in [0, 0.1) is 4.77 Å². The number of H-pyrrole nitrogens is 1. The third-order valence-corrected chi connectivity index (χ3v) is 5.18. The molecule has 0 spiro atoms. The Balaban J connectivity index is 1.87. The van der Waals surface area contributed by atoms with Crippen molar-refractivity contribution in [1.29, 1.82) is 0 Å². The predicted molar refractivity (Wildman–Crippen MR) is 87.8 cm³/mol. The Kier molecular flexibility index (Phi) is 3.16. The fourth-order valence-electron chi connectivity index (χ4n) is 2.75. The van der Waals surface area contributed by atoms with E-state index in [9.17, 15) is 0 Å². The van der Waals surface area contributed by atoms with E-state index in [0.717, 1.165) is 17.3 Å². The SMILES string of the molecule is S=c1[nH]nc(C2CSc3ccccc32)n1-c1ccccc1. The van der Waals surface area contributed by atoms with E-state index >= 15 is 0 Å². The molecule has 0 amide bonds. The van der Waals surface area contributed by atoms with Gasteiger partial charge in [0.25, 0.3) is 0 Å². The minimum Gasteiger partial charge on any atom is -0.272 e. The van der Waals surface area contributed by atoms with Crippen LogP contribution in [0.1, 0.15) is 17.3 Å². The van der Waals surface area contributed by atoms with E-state index in [0.29, 0.717) is 4.77 Å². The maximum absolute atomic E-state index is 5.43. The summed E-state index contributed by atoms with van der Waals surface area (Å²) in [5, 5.41) is 7.46. The summed E-state index contributed by atoms with van der Waals surface area (Å²) in [7, 11) is 0. The van der Waals surface area contributed by atoms with Gasteiger partial charge in [0.1, 0.15) is 5.82 Å². The molecule has 21 heavy (non-hydrogen) atoms. The lowest BCUT2D eigenvalue weighted by atomic mass is 10.0. The molecule has 1 aliphatic heterocycles. The van der Waals surface area contributed by atoms with Crippen molar-refractivity contribution < 1.29 is 0 Å². The van der Waals surface area contributed by atoms with E-state index < -0.39 is 0 Å². The van der Waals surface area contributed by atoms with Crippen LogP contribution < -0.4 is 0 Å². The molecule has 0 saturated heterocycles. The van der Waals surface area contributed by atoms with Crippen molar-refractivity contribution in [2.45, 2.75) is 10.8 Å². The van der Waals surface area contributed by atoms with Crippen molar-refractivity contribution >= 4 is 24.0 Å². The standard InChI is InChI=1S/C16H13N3S2/c20-16-18-17-15(19(16)11-6-2-1-3-7-11)13-10-21-14-9-5-4-8-12(13)14/h1-9,13H,10H2,(H,18,20). The zero-order valence-electron chi connectivity index (χ0n) is 11.2. The minimum atomic E-state index is 0.277. The van der Waals surface area contributed by atoms with Gasteiger partial charge in [-0.25, -0.2) is 0 Å². The average molecular weight is 311 g/mol. The second-order valence-electron chi connectivity index (χ2n) is 4.96. The van der Waals surface area contributed by atoms with Crippen LogP contribution in [0.5, 0.6) is 0 Å². The number of nitrogens with zero attached hydrogens (tertiary/aromatic N) is 2. The zero-order chi connectivity index (χ0) is 14.2. The lowest BCUT2D eigenvalue weighted by Gasteiger charge is -2.12. The molecule has 1 aliphatic rings. The molecular weight excluding hydrogens is 298 g/mol. The lowest BCUT2D eigenvalue weighted by Crippen LogP contribution is -2.09. The molecule has 0 aliphatic carbocycles. The van der Waals surface area contributed by atoms with Gasteiger partial charge in [-0.2, -0.15) is 5.10 Å². The summed E-state index contributed by atoms with van der Waals surface area (Å²) in [5.74, 6) is 2.27. The number of rotatable bonds is 2. The summed E-state index contributed by atoms with van der Waals surface area (Å²) in [6, 6.07) is 18.7. The first-order valence-electron chi connectivity index (χ1n) is 6.79. The first-order valence-corrected chi connectivity index (χ1v) is 8.18. The van der Waals surface area contributed by atoms with E-state index in [1.54, 1.807) is 0 Å². The van der Waals surface area contributed by atoms with Crippen LogP contribution in [0.4, 0.5) is 0 Å². The zero-order valence-corrected chi connectivity index (χ0v) is 12.8. The van der Waals surface area contributed by atoms with Gasteiger partial charge in [0.05, 0.1) is 5.92 Å². The number of nitrogens with one attached hydrogen (secondary N) is 1. The summed E-state index contributed by atoms with van der Waals surface area (Å²) in [4.78, 5) is 1.34. The molecule has 1 N–H and O–H groups in total. The Labute approximate surface area is 132 Å². The Morgan fingerprint density at radius 1 is 1.10 bits per heavy atom. The highest BCUT2D eigenvalue weighted by Crippen LogP contribution is 2.42. The van der Waals surface area contributed by atoms with Gasteiger partial charge in [-0.3, -0.25) is 9.67 Å². The monoisotopic (exact) mass is 311 g/mol. The average Bonchev–Trinajstić information content (AvgIpc) is 3.11. The van der Waals surface area contributed by atoms with Crippen molar-refractivity contribution in [3.05, 3.63) is 70.8 Å². The first kappa shape index (κ1) is 12.9. The highest BCUT2D eigenvalue weighted by atomic mass is 32.2. The molecule has 0 saturated carbocycles. The second-order valence-corrected chi connectivity index (χ2v) is 6.41. The minimum absolute atomic E-state index is 0.277. The third kappa shape index (κ3) is 2.13. The van der Waals surface area contributed by atoms with Crippen LogP contribution in [0.3, 0.4) is 0 Å². The molecule has 1 atom stereocenters. The molecule has 2 heterocycles. The summed E-state index contributed by atoms with van der Waals surface area (Å²) in [5.41, 5.74) is 2.40. The van der Waals surface area contributed by atoms with Gasteiger partial charge in [-0.1, -0.05) is 36.4 Å². The van der Waals surface area contributed by atoms with Gasteiger partial charge in [0.2, 0.25) is 0 Å². The molecular formula is C16H13N3S2.